The van der Waals surface area contributed by atoms with E-state index in [4.69, 9.17) is 14.6 Å². The van der Waals surface area contributed by atoms with Crippen LogP contribution in [0.2, 0.25) is 0 Å². The van der Waals surface area contributed by atoms with Crippen molar-refractivity contribution in [2.45, 2.75) is 77.5 Å². The fraction of sp³-hybridized carbons (Fsp3) is 0.857. The van der Waals surface area contributed by atoms with E-state index in [0.717, 1.165) is 38.8 Å². The van der Waals surface area contributed by atoms with E-state index in [9.17, 15) is 9.90 Å². The molecule has 4 unspecified atom stereocenters. The second-order valence-electron chi connectivity index (χ2n) is 8.19. The molecule has 156 valence electrons. The number of nitrogens with zero attached hydrogens (tertiary/aromatic N) is 1. The Labute approximate surface area is 163 Å². The van der Waals surface area contributed by atoms with E-state index < -0.39 is 12.1 Å². The zero-order valence-electron chi connectivity index (χ0n) is 17.1. The molecule has 0 bridgehead atoms. The van der Waals surface area contributed by atoms with Gasteiger partial charge in [-0.25, -0.2) is 4.79 Å². The quantitative estimate of drug-likeness (QED) is 0.504. The molecule has 0 spiro atoms. The number of aliphatic hydroxyl groups excluding tert-OH is 1. The summed E-state index contributed by atoms with van der Waals surface area (Å²) in [6.45, 7) is 9.16. The second-order valence-corrected chi connectivity index (χ2v) is 8.19. The number of ether oxygens (including phenoxy) is 2. The number of hydrogen-bond donors (Lipinski definition) is 2. The van der Waals surface area contributed by atoms with Crippen molar-refractivity contribution in [2.24, 2.45) is 11.8 Å². The number of carbonyl (C=O) groups is 1. The summed E-state index contributed by atoms with van der Waals surface area (Å²) in [5.74, 6) is 0.129. The largest absolute Gasteiger partial charge is 0.480 e. The average Bonchev–Trinajstić information content (AvgIpc) is 3.16. The van der Waals surface area contributed by atoms with Crippen LogP contribution in [-0.2, 0) is 14.3 Å². The molecule has 0 aliphatic carbocycles. The molecule has 27 heavy (non-hydrogen) atoms. The molecule has 0 aromatic heterocycles. The van der Waals surface area contributed by atoms with Crippen LogP contribution in [0.25, 0.3) is 0 Å². The molecule has 0 aromatic carbocycles. The summed E-state index contributed by atoms with van der Waals surface area (Å²) in [5.41, 5.74) is 0. The van der Waals surface area contributed by atoms with Gasteiger partial charge in [-0.1, -0.05) is 40.0 Å². The number of aliphatic hydroxyl groups is 1. The minimum Gasteiger partial charge on any atom is -0.480 e. The molecule has 0 amide bonds. The molecule has 2 aliphatic rings. The van der Waals surface area contributed by atoms with Gasteiger partial charge in [-0.3, -0.25) is 4.90 Å². The van der Waals surface area contributed by atoms with Crippen LogP contribution in [0.4, 0.5) is 0 Å². The third-order valence-electron chi connectivity index (χ3n) is 5.87. The minimum absolute atomic E-state index is 0.128. The van der Waals surface area contributed by atoms with Crippen LogP contribution in [0, 0.1) is 11.8 Å². The predicted octanol–water partition coefficient (Wildman–Crippen LogP) is 3.05. The van der Waals surface area contributed by atoms with Gasteiger partial charge in [-0.15, -0.1) is 0 Å². The fourth-order valence-corrected chi connectivity index (χ4v) is 4.05. The maximum atomic E-state index is 11.1. The van der Waals surface area contributed by atoms with E-state index >= 15 is 0 Å². The Bertz CT molecular complexity index is 495. The molecule has 2 heterocycles. The normalized spacial score (nSPS) is 29.6. The minimum atomic E-state index is -0.929. The fourth-order valence-electron chi connectivity index (χ4n) is 4.05. The lowest BCUT2D eigenvalue weighted by Crippen LogP contribution is -2.38. The van der Waals surface area contributed by atoms with E-state index in [1.807, 2.05) is 13.0 Å². The van der Waals surface area contributed by atoms with Crippen molar-refractivity contribution >= 4 is 5.97 Å². The molecule has 2 N–H and O–H groups in total. The molecule has 2 rings (SSSR count). The Morgan fingerprint density at radius 2 is 2.15 bits per heavy atom. The van der Waals surface area contributed by atoms with Crippen LogP contribution >= 0.6 is 0 Å². The third kappa shape index (κ3) is 6.77. The van der Waals surface area contributed by atoms with Crippen molar-refractivity contribution in [2.75, 3.05) is 26.3 Å². The highest BCUT2D eigenvalue weighted by atomic mass is 16.5. The maximum absolute atomic E-state index is 11.1. The molecule has 1 saturated heterocycles. The van der Waals surface area contributed by atoms with Crippen LogP contribution in [-0.4, -0.2) is 65.6 Å². The number of hydrogen-bond acceptors (Lipinski definition) is 5. The van der Waals surface area contributed by atoms with E-state index in [1.165, 1.54) is 12.8 Å². The number of carboxylic acids is 1. The Kier molecular flexibility index (Phi) is 9.06. The molecular weight excluding hydrogens is 346 g/mol. The van der Waals surface area contributed by atoms with E-state index in [1.54, 1.807) is 0 Å². The van der Waals surface area contributed by atoms with Crippen molar-refractivity contribution in [3.05, 3.63) is 11.8 Å². The summed E-state index contributed by atoms with van der Waals surface area (Å²) >= 11 is 0. The van der Waals surface area contributed by atoms with Crippen LogP contribution in [0.15, 0.2) is 11.8 Å². The van der Waals surface area contributed by atoms with Gasteiger partial charge in [-0.05, 0) is 37.8 Å². The van der Waals surface area contributed by atoms with Gasteiger partial charge >= 0.3 is 5.97 Å². The average molecular weight is 384 g/mol. The smallest absolute Gasteiger partial charge is 0.345 e. The summed E-state index contributed by atoms with van der Waals surface area (Å²) in [5, 5.41) is 19.3. The lowest BCUT2D eigenvalue weighted by Gasteiger charge is -2.27. The van der Waals surface area contributed by atoms with Gasteiger partial charge in [0.1, 0.15) is 12.4 Å². The topological polar surface area (TPSA) is 79.2 Å². The lowest BCUT2D eigenvalue weighted by atomic mass is 10.0. The Hall–Kier alpha value is -1.11. The maximum Gasteiger partial charge on any atom is 0.345 e. The van der Waals surface area contributed by atoms with Crippen molar-refractivity contribution in [1.82, 2.24) is 4.90 Å². The van der Waals surface area contributed by atoms with E-state index in [2.05, 4.69) is 18.7 Å². The van der Waals surface area contributed by atoms with Crippen LogP contribution in [0.5, 0.6) is 0 Å². The Balaban J connectivity index is 1.71. The lowest BCUT2D eigenvalue weighted by molar-refractivity contribution is -0.148. The third-order valence-corrected chi connectivity index (χ3v) is 5.87. The van der Waals surface area contributed by atoms with Gasteiger partial charge in [-0.2, -0.15) is 0 Å². The molecule has 0 saturated carbocycles. The van der Waals surface area contributed by atoms with Crippen molar-refractivity contribution in [1.29, 1.82) is 0 Å². The first-order valence-corrected chi connectivity index (χ1v) is 10.5. The molecular formula is C21H37NO5. The summed E-state index contributed by atoms with van der Waals surface area (Å²) in [6, 6.07) is 0.350. The second kappa shape index (κ2) is 11.0. The first-order chi connectivity index (χ1) is 12.9. The van der Waals surface area contributed by atoms with Crippen LogP contribution in [0.3, 0.4) is 0 Å². The van der Waals surface area contributed by atoms with Gasteiger partial charge in [0.05, 0.1) is 12.7 Å². The summed E-state index contributed by atoms with van der Waals surface area (Å²) in [7, 11) is 0. The molecule has 5 atom stereocenters. The summed E-state index contributed by atoms with van der Waals surface area (Å²) < 4.78 is 11.3. The highest BCUT2D eigenvalue weighted by Gasteiger charge is 2.33. The van der Waals surface area contributed by atoms with Gasteiger partial charge in [0.2, 0.25) is 6.10 Å². The van der Waals surface area contributed by atoms with Crippen LogP contribution < -0.4 is 0 Å². The summed E-state index contributed by atoms with van der Waals surface area (Å²) in [6.07, 6.45) is 7.19. The monoisotopic (exact) mass is 383 g/mol. The number of aliphatic carboxylic acids is 1. The Morgan fingerprint density at radius 1 is 1.37 bits per heavy atom. The van der Waals surface area contributed by atoms with Gasteiger partial charge in [0.25, 0.3) is 0 Å². The summed E-state index contributed by atoms with van der Waals surface area (Å²) in [4.78, 5) is 13.5. The zero-order valence-corrected chi connectivity index (χ0v) is 17.1. The number of likely N-dealkylation sites (tertiary alicyclic amines) is 1. The van der Waals surface area contributed by atoms with Gasteiger partial charge in [0, 0.05) is 18.5 Å². The highest BCUT2D eigenvalue weighted by molar-refractivity contribution is 5.73. The standard InChI is InChI=1S/C21H37NO5/c1-4-5-6-7-17(23)9-11-22-10-8-15(2)19(22)14-26-13-18-12-16(3)20(27-18)21(24)25/h12,15-17,19-20,23H,4-11,13-14H2,1-3H3,(H,24,25)/t15?,16?,17?,19-,20?/m0/s1. The zero-order chi connectivity index (χ0) is 19.8. The first-order valence-electron chi connectivity index (χ1n) is 10.5. The number of rotatable bonds is 12. The van der Waals surface area contributed by atoms with Gasteiger partial charge in [0.15, 0.2) is 0 Å². The van der Waals surface area contributed by atoms with Crippen LogP contribution in [0.1, 0.15) is 59.3 Å². The van der Waals surface area contributed by atoms with Crippen molar-refractivity contribution < 1.29 is 24.5 Å². The number of carboxylic acid groups (broad SMARTS) is 1. The van der Waals surface area contributed by atoms with Gasteiger partial charge < -0.3 is 19.7 Å². The Morgan fingerprint density at radius 3 is 2.81 bits per heavy atom. The van der Waals surface area contributed by atoms with Crippen molar-refractivity contribution in [3.8, 4) is 0 Å². The first kappa shape index (κ1) is 22.2. The number of unbranched alkanes of at least 4 members (excludes halogenated alkanes) is 2. The SMILES string of the molecule is CCCCCC(O)CCN1CCC(C)[C@@H]1COCC1=CC(C)C(C(=O)O)O1. The molecule has 2 aliphatic heterocycles. The molecule has 6 heteroatoms. The van der Waals surface area contributed by atoms with E-state index in [-0.39, 0.29) is 12.0 Å². The molecule has 1 fully saturated rings. The molecule has 0 radical (unpaired) electrons. The molecule has 6 nitrogen and oxygen atoms in total. The van der Waals surface area contributed by atoms with Crippen molar-refractivity contribution in [3.63, 3.8) is 0 Å². The van der Waals surface area contributed by atoms with E-state index in [0.29, 0.717) is 30.9 Å². The predicted molar refractivity (Wildman–Crippen MR) is 104 cm³/mol. The molecule has 0 aromatic rings. The highest BCUT2D eigenvalue weighted by Crippen LogP contribution is 2.26.